The van der Waals surface area contributed by atoms with Crippen molar-refractivity contribution in [2.45, 2.75) is 19.6 Å². The van der Waals surface area contributed by atoms with E-state index in [0.29, 0.717) is 36.5 Å². The zero-order chi connectivity index (χ0) is 28.2. The molecule has 5 rings (SSSR count). The number of benzene rings is 2. The lowest BCUT2D eigenvalue weighted by Gasteiger charge is -2.28. The van der Waals surface area contributed by atoms with Gasteiger partial charge in [-0.1, -0.05) is 42.5 Å². The summed E-state index contributed by atoms with van der Waals surface area (Å²) in [5.41, 5.74) is 1.68. The topological polar surface area (TPSA) is 105 Å². The number of ether oxygens (including phenoxy) is 2. The lowest BCUT2D eigenvalue weighted by molar-refractivity contribution is 0.0940. The Bertz CT molecular complexity index is 1610. The molecule has 11 heteroatoms. The average molecular weight is 546 g/mol. The van der Waals surface area contributed by atoms with Crippen LogP contribution in [-0.4, -0.2) is 48.6 Å². The number of nitrogens with zero attached hydrogens (tertiary/aromatic N) is 4. The molecule has 2 aromatic heterocycles. The third-order valence-corrected chi connectivity index (χ3v) is 6.44. The summed E-state index contributed by atoms with van der Waals surface area (Å²) in [7, 11) is 3.62. The molecule has 1 aliphatic rings. The minimum absolute atomic E-state index is 0.0285. The molecule has 1 saturated heterocycles. The molecule has 0 atom stereocenters. The fourth-order valence-corrected chi connectivity index (χ4v) is 4.29. The highest BCUT2D eigenvalue weighted by Crippen LogP contribution is 2.29. The molecule has 0 radical (unpaired) electrons. The van der Waals surface area contributed by atoms with Gasteiger partial charge in [0.05, 0.1) is 18.0 Å². The lowest BCUT2D eigenvalue weighted by atomic mass is 10.2. The van der Waals surface area contributed by atoms with Crippen molar-refractivity contribution in [1.82, 2.24) is 14.7 Å². The molecular weight excluding hydrogens is 517 g/mol. The van der Waals surface area contributed by atoms with Gasteiger partial charge in [-0.3, -0.25) is 18.9 Å². The van der Waals surface area contributed by atoms with E-state index in [2.05, 4.69) is 10.3 Å². The first kappa shape index (κ1) is 26.7. The van der Waals surface area contributed by atoms with Gasteiger partial charge in [0.1, 0.15) is 12.4 Å². The van der Waals surface area contributed by atoms with Gasteiger partial charge in [-0.05, 0) is 35.7 Å². The van der Waals surface area contributed by atoms with Crippen molar-refractivity contribution in [3.8, 4) is 5.75 Å². The maximum absolute atomic E-state index is 13.9. The second kappa shape index (κ2) is 11.4. The second-order valence-electron chi connectivity index (χ2n) is 9.47. The number of rotatable bonds is 8. The van der Waals surface area contributed by atoms with Gasteiger partial charge in [0.25, 0.3) is 5.91 Å². The molecule has 0 aliphatic carbocycles. The molecule has 2 aromatic carbocycles. The lowest BCUT2D eigenvalue weighted by Crippen LogP contribution is -2.39. The van der Waals surface area contributed by atoms with Gasteiger partial charge < -0.3 is 19.7 Å². The first-order valence-corrected chi connectivity index (χ1v) is 12.7. The van der Waals surface area contributed by atoms with E-state index in [1.165, 1.54) is 21.4 Å². The van der Waals surface area contributed by atoms with Crippen molar-refractivity contribution < 1.29 is 23.5 Å². The van der Waals surface area contributed by atoms with Gasteiger partial charge in [-0.2, -0.15) is 0 Å². The van der Waals surface area contributed by atoms with Crippen molar-refractivity contribution in [3.63, 3.8) is 0 Å². The number of halogens is 1. The summed E-state index contributed by atoms with van der Waals surface area (Å²) in [6.07, 6.45) is 1.61. The Morgan fingerprint density at radius 2 is 1.85 bits per heavy atom. The molecule has 0 spiro atoms. The van der Waals surface area contributed by atoms with E-state index in [1.807, 2.05) is 44.4 Å². The number of cyclic esters (lactones) is 1. The number of nitrogens with one attached hydrogen (secondary N) is 1. The zero-order valence-electron chi connectivity index (χ0n) is 22.1. The van der Waals surface area contributed by atoms with Crippen molar-refractivity contribution in [1.29, 1.82) is 0 Å². The van der Waals surface area contributed by atoms with Crippen LogP contribution in [0.4, 0.5) is 20.6 Å². The highest BCUT2D eigenvalue weighted by molar-refractivity contribution is 5.98. The molecule has 1 N–H and O–H groups in total. The van der Waals surface area contributed by atoms with Crippen LogP contribution in [-0.2, 0) is 17.9 Å². The third-order valence-electron chi connectivity index (χ3n) is 6.44. The molecule has 206 valence electrons. The normalized spacial score (nSPS) is 13.2. The predicted molar refractivity (Wildman–Crippen MR) is 147 cm³/mol. The van der Waals surface area contributed by atoms with Crippen LogP contribution in [0.2, 0.25) is 0 Å². The van der Waals surface area contributed by atoms with Crippen molar-refractivity contribution in [2.24, 2.45) is 0 Å². The number of anilines is 2. The molecule has 1 fully saturated rings. The number of carbonyl (C=O) groups is 2. The minimum Gasteiger partial charge on any atom is -0.481 e. The van der Waals surface area contributed by atoms with E-state index in [1.54, 1.807) is 29.3 Å². The average Bonchev–Trinajstić information content (AvgIpc) is 2.96. The third kappa shape index (κ3) is 5.58. The van der Waals surface area contributed by atoms with Gasteiger partial charge in [0.2, 0.25) is 5.75 Å². The Labute approximate surface area is 229 Å². The van der Waals surface area contributed by atoms with E-state index in [9.17, 15) is 18.8 Å². The Morgan fingerprint density at radius 1 is 1.10 bits per heavy atom. The van der Waals surface area contributed by atoms with E-state index in [-0.39, 0.29) is 30.2 Å². The fraction of sp³-hybridized carbons (Fsp3) is 0.241. The Balaban J connectivity index is 1.62. The van der Waals surface area contributed by atoms with Gasteiger partial charge in [0, 0.05) is 33.4 Å². The fourth-order valence-electron chi connectivity index (χ4n) is 4.29. The number of fused-ring (bicyclic) bond motifs is 1. The smallest absolute Gasteiger partial charge is 0.414 e. The summed E-state index contributed by atoms with van der Waals surface area (Å²) in [6.45, 7) is 0.756. The molecule has 2 amide bonds. The summed E-state index contributed by atoms with van der Waals surface area (Å²) in [6, 6.07) is 16.6. The van der Waals surface area contributed by atoms with Crippen LogP contribution in [0.25, 0.3) is 5.65 Å². The summed E-state index contributed by atoms with van der Waals surface area (Å²) in [5, 5.41) is 2.74. The first-order valence-electron chi connectivity index (χ1n) is 12.7. The molecule has 0 bridgehead atoms. The van der Waals surface area contributed by atoms with Gasteiger partial charge in [-0.15, -0.1) is 0 Å². The quantitative estimate of drug-likeness (QED) is 0.360. The molecular formula is C29H28FN5O5. The largest absolute Gasteiger partial charge is 0.481 e. The number of amides is 2. The molecule has 10 nitrogen and oxygen atoms in total. The molecule has 0 saturated carbocycles. The van der Waals surface area contributed by atoms with Crippen LogP contribution < -0.4 is 25.4 Å². The Hall–Kier alpha value is -4.93. The number of aromatic nitrogens is 2. The monoisotopic (exact) mass is 545 g/mol. The molecule has 1 aliphatic heterocycles. The second-order valence-corrected chi connectivity index (χ2v) is 9.47. The van der Waals surface area contributed by atoms with E-state index in [4.69, 9.17) is 9.47 Å². The van der Waals surface area contributed by atoms with Crippen molar-refractivity contribution >= 4 is 29.0 Å². The van der Waals surface area contributed by atoms with Crippen LogP contribution in [0.15, 0.2) is 71.7 Å². The molecule has 3 heterocycles. The number of pyridine rings is 1. The highest BCUT2D eigenvalue weighted by Gasteiger charge is 2.28. The van der Waals surface area contributed by atoms with Crippen LogP contribution in [0.3, 0.4) is 0 Å². The summed E-state index contributed by atoms with van der Waals surface area (Å²) in [5.74, 6) is -1.28. The van der Waals surface area contributed by atoms with Gasteiger partial charge >= 0.3 is 11.7 Å². The molecule has 4 aromatic rings. The summed E-state index contributed by atoms with van der Waals surface area (Å²) >= 11 is 0. The summed E-state index contributed by atoms with van der Waals surface area (Å²) < 4.78 is 25.8. The first-order chi connectivity index (χ1) is 19.3. The van der Waals surface area contributed by atoms with Crippen molar-refractivity contribution in [3.05, 3.63) is 99.9 Å². The Morgan fingerprint density at radius 3 is 2.55 bits per heavy atom. The maximum Gasteiger partial charge on any atom is 0.414 e. The Kier molecular flexibility index (Phi) is 7.63. The predicted octanol–water partition coefficient (Wildman–Crippen LogP) is 3.76. The number of carbonyl (C=O) groups excluding carboxylic acids is 2. The van der Waals surface area contributed by atoms with Crippen LogP contribution in [0.1, 0.15) is 28.0 Å². The van der Waals surface area contributed by atoms with E-state index >= 15 is 0 Å². The highest BCUT2D eigenvalue weighted by atomic mass is 19.1. The molecule has 0 unspecified atom stereocenters. The van der Waals surface area contributed by atoms with E-state index in [0.717, 1.165) is 5.56 Å². The molecule has 40 heavy (non-hydrogen) atoms. The number of hydrogen-bond donors (Lipinski definition) is 1. The summed E-state index contributed by atoms with van der Waals surface area (Å²) in [4.78, 5) is 47.8. The number of hydrogen-bond acceptors (Lipinski definition) is 7. The van der Waals surface area contributed by atoms with Gasteiger partial charge in [0.15, 0.2) is 11.3 Å². The van der Waals surface area contributed by atoms with Crippen LogP contribution in [0.5, 0.6) is 5.75 Å². The van der Waals surface area contributed by atoms with Gasteiger partial charge in [-0.25, -0.2) is 14.2 Å². The van der Waals surface area contributed by atoms with Crippen LogP contribution >= 0.6 is 0 Å². The van der Waals surface area contributed by atoms with Crippen LogP contribution in [0, 0.1) is 5.82 Å². The SMILES string of the molecule is CN(C)c1cc(N2CCCOC2=O)c2nc(C(=O)NCc3ccc(F)cc3)c(OCc3ccccc3)c(=O)n2c1. The standard InChI is InChI=1S/C29H28FN5O5/c1-33(2)22-15-23(34-13-6-14-39-29(34)38)26-32-24(27(36)31-16-19-9-11-21(30)12-10-19)25(28(37)35(26)17-22)40-18-20-7-4-3-5-8-20/h3-5,7-12,15,17H,6,13-14,16,18H2,1-2H3,(H,31,36). The maximum atomic E-state index is 13.9. The minimum atomic E-state index is -0.657. The zero-order valence-corrected chi connectivity index (χ0v) is 22.1. The van der Waals surface area contributed by atoms with E-state index < -0.39 is 23.4 Å². The van der Waals surface area contributed by atoms with Crippen molar-refractivity contribution in [2.75, 3.05) is 37.0 Å².